The van der Waals surface area contributed by atoms with E-state index in [0.29, 0.717) is 0 Å². The maximum absolute atomic E-state index is 2.76. The van der Waals surface area contributed by atoms with Crippen molar-refractivity contribution in [2.45, 2.75) is 0 Å². The zero-order valence-electron chi connectivity index (χ0n) is 38.3. The highest BCUT2D eigenvalue weighted by atomic mass is 28.3. The molecule has 3 nitrogen and oxygen atoms in total. The number of hydrogen-bond acceptors (Lipinski definition) is 0. The standard InChI is InChI=1S/C66H45N3Si/c1-5-20-48(21-6-1)67-62-34-17-14-31-56(62)59-42-46(37-40-64(59)67)47-36-39-58-55-30-13-16-33-61(55)69(66(58)43-47)50-38-41-65-60(45-50)57-32-15-18-35-63(57)68(65)49-22-19-29-54(44-49)70(51-23-7-2-8-24-51,52-25-9-3-10-26-52)53-27-11-4-12-28-53/h1-45H. The first-order chi connectivity index (χ1) is 34.7. The van der Waals surface area contributed by atoms with Crippen LogP contribution in [-0.4, -0.2) is 21.8 Å². The van der Waals surface area contributed by atoms with Gasteiger partial charge in [-0.05, 0) is 111 Å². The molecule has 0 bridgehead atoms. The highest BCUT2D eigenvalue weighted by Gasteiger charge is 2.41. The molecule has 0 atom stereocenters. The van der Waals surface area contributed by atoms with Gasteiger partial charge in [-0.15, -0.1) is 0 Å². The van der Waals surface area contributed by atoms with Gasteiger partial charge in [0.15, 0.2) is 8.07 Å². The van der Waals surface area contributed by atoms with Crippen LogP contribution in [0.15, 0.2) is 273 Å². The number of fused-ring (bicyclic) bond motifs is 9. The summed E-state index contributed by atoms with van der Waals surface area (Å²) in [5, 5.41) is 12.9. The summed E-state index contributed by atoms with van der Waals surface area (Å²) in [6, 6.07) is 101. The summed E-state index contributed by atoms with van der Waals surface area (Å²) in [5.74, 6) is 0. The Balaban J connectivity index is 0.947. The third kappa shape index (κ3) is 6.07. The van der Waals surface area contributed by atoms with Gasteiger partial charge in [-0.1, -0.05) is 194 Å². The van der Waals surface area contributed by atoms with Crippen LogP contribution < -0.4 is 20.7 Å². The van der Waals surface area contributed by atoms with E-state index in [-0.39, 0.29) is 0 Å². The minimum absolute atomic E-state index is 1.14. The molecule has 14 aromatic rings. The molecule has 0 radical (unpaired) electrons. The molecule has 0 aliphatic rings. The van der Waals surface area contributed by atoms with Gasteiger partial charge in [-0.3, -0.25) is 0 Å². The van der Waals surface area contributed by atoms with Gasteiger partial charge in [0.05, 0.1) is 33.1 Å². The summed E-state index contributed by atoms with van der Waals surface area (Å²) in [5.41, 5.74) is 13.0. The topological polar surface area (TPSA) is 14.8 Å². The van der Waals surface area contributed by atoms with Crippen LogP contribution in [-0.2, 0) is 0 Å². The summed E-state index contributed by atoms with van der Waals surface area (Å²) < 4.78 is 7.33. The van der Waals surface area contributed by atoms with Gasteiger partial charge < -0.3 is 13.7 Å². The van der Waals surface area contributed by atoms with E-state index in [1.54, 1.807) is 0 Å². The monoisotopic (exact) mass is 907 g/mol. The zero-order chi connectivity index (χ0) is 46.2. The number of nitrogens with zero attached hydrogens (tertiary/aromatic N) is 3. The lowest BCUT2D eigenvalue weighted by Crippen LogP contribution is -2.74. The van der Waals surface area contributed by atoms with Crippen LogP contribution in [0.4, 0.5) is 0 Å². The minimum atomic E-state index is -2.76. The first-order valence-electron chi connectivity index (χ1n) is 24.2. The minimum Gasteiger partial charge on any atom is -0.309 e. The molecule has 0 saturated heterocycles. The van der Waals surface area contributed by atoms with Crippen LogP contribution >= 0.6 is 0 Å². The fourth-order valence-corrected chi connectivity index (χ4v) is 16.5. The smallest absolute Gasteiger partial charge is 0.179 e. The molecule has 11 aromatic carbocycles. The van der Waals surface area contributed by atoms with E-state index >= 15 is 0 Å². The second kappa shape index (κ2) is 16.1. The van der Waals surface area contributed by atoms with Crippen LogP contribution in [0.5, 0.6) is 0 Å². The van der Waals surface area contributed by atoms with Gasteiger partial charge in [0.1, 0.15) is 0 Å². The van der Waals surface area contributed by atoms with Crippen LogP contribution in [0.1, 0.15) is 0 Å². The Kier molecular flexibility index (Phi) is 9.23. The SMILES string of the molecule is c1ccc(-n2c3ccccc3c3cc(-c4ccc5c6ccccc6n(-c6ccc7c(c6)c6ccccc6n7-c6cccc([Si](c7ccccc7)(c7ccccc7)c7ccccc7)c6)c5c4)ccc32)cc1. The summed E-state index contributed by atoms with van der Waals surface area (Å²) in [6.07, 6.45) is 0. The second-order valence-corrected chi connectivity index (χ2v) is 22.3. The summed E-state index contributed by atoms with van der Waals surface area (Å²) in [7, 11) is -2.76. The predicted molar refractivity (Wildman–Crippen MR) is 299 cm³/mol. The molecule has 0 aliphatic carbocycles. The molecule has 14 rings (SSSR count). The van der Waals surface area contributed by atoms with Gasteiger partial charge in [-0.2, -0.15) is 0 Å². The Hall–Kier alpha value is -8.96. The van der Waals surface area contributed by atoms with E-state index in [0.717, 1.165) is 11.4 Å². The van der Waals surface area contributed by atoms with E-state index in [1.165, 1.54) is 103 Å². The molecule has 0 amide bonds. The van der Waals surface area contributed by atoms with Crippen LogP contribution in [0.2, 0.25) is 0 Å². The summed E-state index contributed by atoms with van der Waals surface area (Å²) in [6.45, 7) is 0. The van der Waals surface area contributed by atoms with Gasteiger partial charge in [0.25, 0.3) is 0 Å². The third-order valence-electron chi connectivity index (χ3n) is 14.8. The molecule has 4 heteroatoms. The first-order valence-corrected chi connectivity index (χ1v) is 26.2. The lowest BCUT2D eigenvalue weighted by atomic mass is 10.0. The van der Waals surface area contributed by atoms with Crippen molar-refractivity contribution in [1.29, 1.82) is 0 Å². The highest BCUT2D eigenvalue weighted by molar-refractivity contribution is 7.19. The van der Waals surface area contributed by atoms with E-state index in [1.807, 2.05) is 0 Å². The number of hydrogen-bond donors (Lipinski definition) is 0. The third-order valence-corrected chi connectivity index (χ3v) is 19.5. The molecular formula is C66H45N3Si. The number of rotatable bonds is 8. The number of aromatic nitrogens is 3. The molecule has 0 saturated carbocycles. The molecule has 0 N–H and O–H groups in total. The zero-order valence-corrected chi connectivity index (χ0v) is 39.3. The van der Waals surface area contributed by atoms with Crippen molar-refractivity contribution >= 4 is 94.2 Å². The van der Waals surface area contributed by atoms with E-state index in [4.69, 9.17) is 0 Å². The maximum Gasteiger partial charge on any atom is 0.179 e. The van der Waals surface area contributed by atoms with Crippen molar-refractivity contribution in [3.05, 3.63) is 273 Å². The Morgan fingerprint density at radius 1 is 0.200 bits per heavy atom. The molecule has 328 valence electrons. The van der Waals surface area contributed by atoms with Gasteiger partial charge in [-0.25, -0.2) is 0 Å². The Morgan fingerprint density at radius 2 is 0.571 bits per heavy atom. The Labute approximate surface area is 407 Å². The Bertz CT molecular complexity index is 4180. The van der Waals surface area contributed by atoms with E-state index in [2.05, 4.69) is 287 Å². The average molecular weight is 908 g/mol. The molecule has 0 spiro atoms. The number of benzene rings is 11. The lowest BCUT2D eigenvalue weighted by molar-refractivity contribution is 1.17. The van der Waals surface area contributed by atoms with Gasteiger partial charge >= 0.3 is 0 Å². The molecule has 3 aromatic heterocycles. The molecule has 0 unspecified atom stereocenters. The van der Waals surface area contributed by atoms with Crippen molar-refractivity contribution in [3.8, 4) is 28.2 Å². The number of para-hydroxylation sites is 4. The van der Waals surface area contributed by atoms with Crippen LogP contribution in [0, 0.1) is 0 Å². The molecular weight excluding hydrogens is 863 g/mol. The summed E-state index contributed by atoms with van der Waals surface area (Å²) >= 11 is 0. The van der Waals surface area contributed by atoms with Crippen molar-refractivity contribution in [2.24, 2.45) is 0 Å². The van der Waals surface area contributed by atoms with Crippen molar-refractivity contribution in [2.75, 3.05) is 0 Å². The predicted octanol–water partition coefficient (Wildman–Crippen LogP) is 14.0. The average Bonchev–Trinajstić information content (AvgIpc) is 4.07. The Morgan fingerprint density at radius 3 is 1.16 bits per heavy atom. The molecule has 0 fully saturated rings. The van der Waals surface area contributed by atoms with Gasteiger partial charge in [0.2, 0.25) is 0 Å². The normalized spacial score (nSPS) is 12.0. The lowest BCUT2D eigenvalue weighted by Gasteiger charge is -2.34. The highest BCUT2D eigenvalue weighted by Crippen LogP contribution is 2.40. The van der Waals surface area contributed by atoms with Crippen molar-refractivity contribution in [3.63, 3.8) is 0 Å². The largest absolute Gasteiger partial charge is 0.309 e. The van der Waals surface area contributed by atoms with Crippen LogP contribution in [0.25, 0.3) is 93.6 Å². The molecule has 70 heavy (non-hydrogen) atoms. The maximum atomic E-state index is 2.48. The van der Waals surface area contributed by atoms with E-state index < -0.39 is 8.07 Å². The fraction of sp³-hybridized carbons (Fsp3) is 0. The molecule has 0 aliphatic heterocycles. The quantitative estimate of drug-likeness (QED) is 0.107. The first kappa shape index (κ1) is 40.1. The van der Waals surface area contributed by atoms with Gasteiger partial charge in [0, 0.05) is 49.4 Å². The summed E-state index contributed by atoms with van der Waals surface area (Å²) in [4.78, 5) is 0. The second-order valence-electron chi connectivity index (χ2n) is 18.5. The molecule has 3 heterocycles. The van der Waals surface area contributed by atoms with Crippen molar-refractivity contribution < 1.29 is 0 Å². The van der Waals surface area contributed by atoms with Crippen LogP contribution in [0.3, 0.4) is 0 Å². The fourth-order valence-electron chi connectivity index (χ4n) is 11.8. The van der Waals surface area contributed by atoms with Crippen molar-refractivity contribution in [1.82, 2.24) is 13.7 Å². The van der Waals surface area contributed by atoms with E-state index in [9.17, 15) is 0 Å².